The van der Waals surface area contributed by atoms with Crippen molar-refractivity contribution in [3.05, 3.63) is 93.0 Å². The molecule has 2 saturated heterocycles. The molecule has 2 aliphatic heterocycles. The van der Waals surface area contributed by atoms with Crippen LogP contribution < -0.4 is 20.4 Å². The van der Waals surface area contributed by atoms with Gasteiger partial charge in [-0.25, -0.2) is 0 Å². The van der Waals surface area contributed by atoms with E-state index in [1.807, 2.05) is 34.1 Å². The highest BCUT2D eigenvalue weighted by atomic mass is 35.5. The Bertz CT molecular complexity index is 1470. The van der Waals surface area contributed by atoms with E-state index in [0.29, 0.717) is 48.1 Å². The molecule has 5 rings (SSSR count). The van der Waals surface area contributed by atoms with E-state index < -0.39 is 10.8 Å². The molecule has 0 saturated carbocycles. The number of carbonyl (C=O) groups excluding carboxylic acids is 2. The molecule has 2 heterocycles. The Morgan fingerprint density at radius 3 is 2.15 bits per heavy atom. The van der Waals surface area contributed by atoms with Crippen LogP contribution in [-0.2, 0) is 0 Å². The van der Waals surface area contributed by atoms with Gasteiger partial charge < -0.3 is 20.0 Å². The summed E-state index contributed by atoms with van der Waals surface area (Å²) in [5.74, 6) is -0.573. The number of benzene rings is 3. The molecule has 3 aromatic carbocycles. The summed E-state index contributed by atoms with van der Waals surface area (Å²) in [5.41, 5.74) is 2.76. The number of nitro groups is 1. The highest BCUT2D eigenvalue weighted by molar-refractivity contribution is 7.80. The molecule has 41 heavy (non-hydrogen) atoms. The van der Waals surface area contributed by atoms with E-state index in [-0.39, 0.29) is 22.3 Å². The predicted octanol–water partition coefficient (Wildman–Crippen LogP) is 4.94. The lowest BCUT2D eigenvalue weighted by molar-refractivity contribution is -0.384. The molecular weight excluding hydrogens is 564 g/mol. The number of nitrogens with zero attached hydrogens (tertiary/aromatic N) is 4. The number of hydrogen-bond donors (Lipinski definition) is 2. The van der Waals surface area contributed by atoms with Crippen molar-refractivity contribution in [1.29, 1.82) is 0 Å². The first-order valence-corrected chi connectivity index (χ1v) is 14.1. The van der Waals surface area contributed by atoms with Crippen molar-refractivity contribution in [3.8, 4) is 0 Å². The number of rotatable bonds is 6. The number of thiocarbonyl (C=S) groups is 1. The van der Waals surface area contributed by atoms with Crippen LogP contribution in [0.15, 0.2) is 66.7 Å². The second kappa shape index (κ2) is 12.5. The van der Waals surface area contributed by atoms with Crippen LogP contribution >= 0.6 is 23.8 Å². The van der Waals surface area contributed by atoms with E-state index in [1.165, 1.54) is 6.07 Å². The fourth-order valence-electron chi connectivity index (χ4n) is 5.15. The van der Waals surface area contributed by atoms with Crippen LogP contribution in [0.4, 0.5) is 22.7 Å². The van der Waals surface area contributed by atoms with Crippen molar-refractivity contribution < 1.29 is 14.5 Å². The Morgan fingerprint density at radius 2 is 1.46 bits per heavy atom. The van der Waals surface area contributed by atoms with Crippen LogP contribution in [0, 0.1) is 10.1 Å². The summed E-state index contributed by atoms with van der Waals surface area (Å²) in [4.78, 5) is 43.0. The summed E-state index contributed by atoms with van der Waals surface area (Å²) in [7, 11) is 0. The molecule has 2 amide bonds. The Morgan fingerprint density at radius 1 is 0.829 bits per heavy atom. The summed E-state index contributed by atoms with van der Waals surface area (Å²) in [6.45, 7) is 3.84. The van der Waals surface area contributed by atoms with Crippen molar-refractivity contribution in [3.63, 3.8) is 0 Å². The molecule has 12 heteroatoms. The average Bonchev–Trinajstić information content (AvgIpc) is 3.52. The smallest absolute Gasteiger partial charge is 0.293 e. The second-order valence-electron chi connectivity index (χ2n) is 9.87. The first kappa shape index (κ1) is 28.3. The third-order valence-electron chi connectivity index (χ3n) is 7.26. The number of hydrogen-bond acceptors (Lipinski definition) is 7. The van der Waals surface area contributed by atoms with Crippen LogP contribution in [0.3, 0.4) is 0 Å². The van der Waals surface area contributed by atoms with E-state index in [1.54, 1.807) is 36.4 Å². The van der Waals surface area contributed by atoms with E-state index in [0.717, 1.165) is 31.6 Å². The quantitative estimate of drug-likeness (QED) is 0.235. The molecule has 2 fully saturated rings. The molecule has 0 aromatic heterocycles. The van der Waals surface area contributed by atoms with Gasteiger partial charge in [0.2, 0.25) is 0 Å². The van der Waals surface area contributed by atoms with Gasteiger partial charge in [0.1, 0.15) is 5.69 Å². The number of para-hydroxylation sites is 2. The lowest BCUT2D eigenvalue weighted by atomic mass is 10.1. The molecule has 0 atom stereocenters. The summed E-state index contributed by atoms with van der Waals surface area (Å²) in [6, 6.07) is 18.9. The summed E-state index contributed by atoms with van der Waals surface area (Å²) in [6.07, 6.45) is 1.97. The minimum absolute atomic E-state index is 0.0367. The lowest BCUT2D eigenvalue weighted by Crippen LogP contribution is -2.49. The van der Waals surface area contributed by atoms with E-state index in [2.05, 4.69) is 15.5 Å². The molecule has 212 valence electrons. The van der Waals surface area contributed by atoms with E-state index >= 15 is 0 Å². The Labute approximate surface area is 248 Å². The van der Waals surface area contributed by atoms with Gasteiger partial charge in [-0.1, -0.05) is 23.7 Å². The number of nitrogens with one attached hydrogen (secondary N) is 2. The predicted molar refractivity (Wildman–Crippen MR) is 164 cm³/mol. The van der Waals surface area contributed by atoms with Crippen LogP contribution in [0.25, 0.3) is 0 Å². The molecule has 0 bridgehead atoms. The number of piperazine rings is 1. The normalized spacial score (nSPS) is 15.0. The zero-order valence-corrected chi connectivity index (χ0v) is 23.8. The van der Waals surface area contributed by atoms with Gasteiger partial charge in [-0.2, -0.15) is 0 Å². The fraction of sp³-hybridized carbons (Fsp3) is 0.276. The van der Waals surface area contributed by atoms with Crippen LogP contribution in [0.5, 0.6) is 0 Å². The maximum Gasteiger partial charge on any atom is 0.293 e. The summed E-state index contributed by atoms with van der Waals surface area (Å²) in [5, 5.41) is 18.1. The monoisotopic (exact) mass is 592 g/mol. The average molecular weight is 593 g/mol. The number of amides is 2. The Hall–Kier alpha value is -4.22. The van der Waals surface area contributed by atoms with Gasteiger partial charge >= 0.3 is 0 Å². The second-order valence-corrected chi connectivity index (χ2v) is 10.7. The van der Waals surface area contributed by atoms with Gasteiger partial charge in [-0.3, -0.25) is 25.0 Å². The first-order chi connectivity index (χ1) is 19.8. The van der Waals surface area contributed by atoms with Gasteiger partial charge in [0, 0.05) is 61.5 Å². The Balaban J connectivity index is 1.21. The number of anilines is 3. The zero-order valence-electron chi connectivity index (χ0n) is 22.2. The molecular formula is C29H29ClN6O4S. The number of carbonyl (C=O) groups is 2. The first-order valence-electron chi connectivity index (χ1n) is 13.3. The molecule has 0 spiro atoms. The minimum atomic E-state index is -0.537. The van der Waals surface area contributed by atoms with Gasteiger partial charge in [0.25, 0.3) is 17.5 Å². The van der Waals surface area contributed by atoms with E-state index in [4.69, 9.17) is 23.8 Å². The number of halogens is 1. The standard InChI is InChI=1S/C29H29ClN6O4S/c30-22-10-7-20(8-11-22)28(38)35-17-15-34(16-18-35)24-6-2-1-5-23(24)31-29(41)32-27(37)21-9-12-25(26(19-21)36(39)40)33-13-3-4-14-33/h1-2,5-12,19H,3-4,13-18H2,(H2,31,32,37,41). The molecule has 2 aliphatic rings. The van der Waals surface area contributed by atoms with Crippen molar-refractivity contribution >= 4 is 63.5 Å². The van der Waals surface area contributed by atoms with Gasteiger partial charge in [-0.15, -0.1) is 0 Å². The fourth-order valence-corrected chi connectivity index (χ4v) is 5.47. The van der Waals surface area contributed by atoms with Crippen molar-refractivity contribution in [2.75, 3.05) is 54.4 Å². The van der Waals surface area contributed by atoms with Crippen LogP contribution in [-0.4, -0.2) is 66.0 Å². The molecule has 0 radical (unpaired) electrons. The maximum atomic E-state index is 12.9. The lowest BCUT2D eigenvalue weighted by Gasteiger charge is -2.37. The molecule has 10 nitrogen and oxygen atoms in total. The SMILES string of the molecule is O=C(NC(=S)Nc1ccccc1N1CCN(C(=O)c2ccc(Cl)cc2)CC1)c1ccc(N2CCCC2)c([N+](=O)[O-])c1. The van der Waals surface area contributed by atoms with Crippen molar-refractivity contribution in [2.45, 2.75) is 12.8 Å². The molecule has 0 unspecified atom stereocenters. The van der Waals surface area contributed by atoms with E-state index in [9.17, 15) is 19.7 Å². The van der Waals surface area contributed by atoms with Gasteiger partial charge in [-0.05, 0) is 73.6 Å². The zero-order chi connectivity index (χ0) is 28.9. The number of nitro benzene ring substituents is 1. The van der Waals surface area contributed by atoms with Crippen molar-refractivity contribution in [2.24, 2.45) is 0 Å². The summed E-state index contributed by atoms with van der Waals surface area (Å²) < 4.78 is 0. The highest BCUT2D eigenvalue weighted by Gasteiger charge is 2.25. The highest BCUT2D eigenvalue weighted by Crippen LogP contribution is 2.32. The van der Waals surface area contributed by atoms with Gasteiger partial charge in [0.15, 0.2) is 5.11 Å². The molecule has 2 N–H and O–H groups in total. The topological polar surface area (TPSA) is 111 Å². The summed E-state index contributed by atoms with van der Waals surface area (Å²) >= 11 is 11.4. The molecule has 3 aromatic rings. The largest absolute Gasteiger partial charge is 0.366 e. The third-order valence-corrected chi connectivity index (χ3v) is 7.72. The van der Waals surface area contributed by atoms with Crippen LogP contribution in [0.2, 0.25) is 5.02 Å². The minimum Gasteiger partial charge on any atom is -0.366 e. The van der Waals surface area contributed by atoms with Gasteiger partial charge in [0.05, 0.1) is 16.3 Å². The Kier molecular flexibility index (Phi) is 8.65. The third kappa shape index (κ3) is 6.58. The molecule has 0 aliphatic carbocycles. The van der Waals surface area contributed by atoms with Crippen LogP contribution in [0.1, 0.15) is 33.6 Å². The maximum absolute atomic E-state index is 12.9. The van der Waals surface area contributed by atoms with Crippen molar-refractivity contribution in [1.82, 2.24) is 10.2 Å².